The van der Waals surface area contributed by atoms with Gasteiger partial charge in [0.2, 0.25) is 17.7 Å². The number of ether oxygens (including phenoxy) is 2. The molecule has 2 fully saturated rings. The van der Waals surface area contributed by atoms with Crippen molar-refractivity contribution in [1.29, 1.82) is 0 Å². The van der Waals surface area contributed by atoms with Crippen molar-refractivity contribution in [3.63, 3.8) is 0 Å². The molecule has 2 atom stereocenters. The highest BCUT2D eigenvalue weighted by atomic mass is 35.5. The van der Waals surface area contributed by atoms with Crippen LogP contribution in [-0.2, 0) is 22.7 Å². The minimum atomic E-state index is -4.58. The van der Waals surface area contributed by atoms with Gasteiger partial charge in [-0.1, -0.05) is 53.0 Å². The van der Waals surface area contributed by atoms with Crippen LogP contribution in [0.2, 0.25) is 15.1 Å². The van der Waals surface area contributed by atoms with Crippen LogP contribution < -0.4 is 20.1 Å². The van der Waals surface area contributed by atoms with Crippen LogP contribution in [0.5, 0.6) is 11.6 Å². The topological polar surface area (TPSA) is 92.8 Å². The first-order chi connectivity index (χ1) is 22.9. The third kappa shape index (κ3) is 9.90. The fourth-order valence-electron chi connectivity index (χ4n) is 5.80. The van der Waals surface area contributed by atoms with Gasteiger partial charge in [0.05, 0.1) is 16.0 Å². The Hall–Kier alpha value is -3.25. The zero-order valence-electron chi connectivity index (χ0n) is 26.2. The summed E-state index contributed by atoms with van der Waals surface area (Å²) in [6.45, 7) is 3.76. The maximum atomic E-state index is 14.1. The molecule has 2 heterocycles. The van der Waals surface area contributed by atoms with E-state index in [2.05, 4.69) is 15.6 Å². The van der Waals surface area contributed by atoms with Crippen LogP contribution >= 0.6 is 34.8 Å². The molecular formula is C34H36Cl3F3N4O4. The first kappa shape index (κ1) is 36.0. The predicted octanol–water partition coefficient (Wildman–Crippen LogP) is 7.26. The molecule has 0 bridgehead atoms. The molecule has 14 heteroatoms. The molecule has 48 heavy (non-hydrogen) atoms. The second-order valence-electron chi connectivity index (χ2n) is 12.1. The van der Waals surface area contributed by atoms with E-state index in [1.807, 2.05) is 17.9 Å². The van der Waals surface area contributed by atoms with Crippen LogP contribution in [0.1, 0.15) is 53.9 Å². The number of pyridine rings is 1. The lowest BCUT2D eigenvalue weighted by atomic mass is 9.81. The van der Waals surface area contributed by atoms with Gasteiger partial charge in [-0.15, -0.1) is 0 Å². The van der Waals surface area contributed by atoms with E-state index in [0.29, 0.717) is 44.4 Å². The third-order valence-corrected chi connectivity index (χ3v) is 9.21. The number of rotatable bonds is 13. The minimum absolute atomic E-state index is 0.000511. The molecule has 5 rings (SSSR count). The number of halogens is 6. The molecular weight excluding hydrogens is 692 g/mol. The van der Waals surface area contributed by atoms with E-state index in [1.165, 1.54) is 0 Å². The van der Waals surface area contributed by atoms with E-state index in [1.54, 1.807) is 42.6 Å². The molecule has 1 aliphatic carbocycles. The molecule has 2 amide bonds. The van der Waals surface area contributed by atoms with Gasteiger partial charge in [0, 0.05) is 43.0 Å². The molecule has 2 aliphatic rings. The monoisotopic (exact) mass is 726 g/mol. The number of hydrogen-bond acceptors (Lipinski definition) is 6. The summed E-state index contributed by atoms with van der Waals surface area (Å²) in [5, 5.41) is 6.95. The first-order valence-electron chi connectivity index (χ1n) is 15.7. The van der Waals surface area contributed by atoms with Crippen molar-refractivity contribution in [3.05, 3.63) is 86.0 Å². The van der Waals surface area contributed by atoms with E-state index >= 15 is 0 Å². The van der Waals surface area contributed by atoms with Crippen molar-refractivity contribution < 1.29 is 32.2 Å². The highest BCUT2D eigenvalue weighted by Gasteiger charge is 2.40. The Morgan fingerprint density at radius 3 is 2.40 bits per heavy atom. The molecule has 1 saturated heterocycles. The Balaban J connectivity index is 1.20. The molecule has 2 N–H and O–H groups in total. The van der Waals surface area contributed by atoms with Gasteiger partial charge in [-0.05, 0) is 79.1 Å². The standard InChI is InChI=1S/C34H36Cl3F3N4O4/c1-20-12-28(36)32(29(37)13-20)48-11-10-47-31-7-3-22(17-43-31)25-8-9-41-18-26(25)33(46)44(24-4-5-24)19-23-14-21(2-6-27(23)35)16-42-30(45)15-34(38,39)40/h2-3,6-7,12-14,17,24-26,41H,4-5,8-11,15-16,18-19H2,1H3,(H,42,45)/t25-,26+/m1/s1. The number of amides is 2. The normalized spacial score (nSPS) is 17.9. The molecule has 3 aromatic rings. The second-order valence-corrected chi connectivity index (χ2v) is 13.3. The highest BCUT2D eigenvalue weighted by molar-refractivity contribution is 6.37. The van der Waals surface area contributed by atoms with Crippen molar-refractivity contribution in [3.8, 4) is 11.6 Å². The number of alkyl halides is 3. The summed E-state index contributed by atoms with van der Waals surface area (Å²) >= 11 is 19.0. The summed E-state index contributed by atoms with van der Waals surface area (Å²) in [4.78, 5) is 32.2. The maximum absolute atomic E-state index is 14.1. The van der Waals surface area contributed by atoms with Crippen LogP contribution in [0.3, 0.4) is 0 Å². The molecule has 2 aromatic carbocycles. The van der Waals surface area contributed by atoms with Crippen LogP contribution in [0, 0.1) is 12.8 Å². The van der Waals surface area contributed by atoms with Crippen LogP contribution in [0.15, 0.2) is 48.7 Å². The van der Waals surface area contributed by atoms with Gasteiger partial charge >= 0.3 is 6.18 Å². The fraction of sp³-hybridized carbons (Fsp3) is 0.441. The number of benzene rings is 2. The summed E-state index contributed by atoms with van der Waals surface area (Å²) in [7, 11) is 0. The summed E-state index contributed by atoms with van der Waals surface area (Å²) in [6, 6.07) is 12.3. The maximum Gasteiger partial charge on any atom is 0.397 e. The second kappa shape index (κ2) is 16.0. The molecule has 8 nitrogen and oxygen atoms in total. The summed E-state index contributed by atoms with van der Waals surface area (Å²) in [6.07, 6.45) is -1.89. The predicted molar refractivity (Wildman–Crippen MR) is 178 cm³/mol. The number of carbonyl (C=O) groups is 2. The number of piperidine rings is 1. The molecule has 1 saturated carbocycles. The van der Waals surface area contributed by atoms with E-state index in [4.69, 9.17) is 44.3 Å². The summed E-state index contributed by atoms with van der Waals surface area (Å²) in [5.74, 6) is -0.692. The zero-order valence-corrected chi connectivity index (χ0v) is 28.5. The van der Waals surface area contributed by atoms with Gasteiger partial charge in [0.15, 0.2) is 5.75 Å². The van der Waals surface area contributed by atoms with E-state index in [0.717, 1.165) is 36.9 Å². The summed E-state index contributed by atoms with van der Waals surface area (Å²) < 4.78 is 49.1. The Morgan fingerprint density at radius 1 is 1.00 bits per heavy atom. The number of nitrogens with one attached hydrogen (secondary N) is 2. The Kier molecular flexibility index (Phi) is 12.0. The van der Waals surface area contributed by atoms with Gasteiger partial charge in [0.1, 0.15) is 19.6 Å². The van der Waals surface area contributed by atoms with Crippen LogP contribution in [0.25, 0.3) is 0 Å². The van der Waals surface area contributed by atoms with E-state index in [-0.39, 0.29) is 50.1 Å². The summed E-state index contributed by atoms with van der Waals surface area (Å²) in [5.41, 5.74) is 3.12. The van der Waals surface area contributed by atoms with Crippen molar-refractivity contribution in [2.75, 3.05) is 26.3 Å². The quantitative estimate of drug-likeness (QED) is 0.180. The largest absolute Gasteiger partial charge is 0.487 e. The number of carbonyl (C=O) groups excluding carboxylic acids is 2. The number of aryl methyl sites for hydroxylation is 1. The van der Waals surface area contributed by atoms with Gasteiger partial charge in [-0.25, -0.2) is 4.98 Å². The molecule has 0 radical (unpaired) electrons. The molecule has 258 valence electrons. The van der Waals surface area contributed by atoms with E-state index in [9.17, 15) is 22.8 Å². The Labute approximate surface area is 292 Å². The minimum Gasteiger partial charge on any atom is -0.487 e. The zero-order chi connectivity index (χ0) is 34.4. The molecule has 1 aliphatic heterocycles. The average Bonchev–Trinajstić information content (AvgIpc) is 3.88. The van der Waals surface area contributed by atoms with Crippen molar-refractivity contribution in [2.24, 2.45) is 5.92 Å². The first-order valence-corrected chi connectivity index (χ1v) is 16.8. The van der Waals surface area contributed by atoms with Crippen LogP contribution in [0.4, 0.5) is 13.2 Å². The molecule has 0 unspecified atom stereocenters. The number of hydrogen-bond donors (Lipinski definition) is 2. The van der Waals surface area contributed by atoms with Gasteiger partial charge in [-0.3, -0.25) is 9.59 Å². The lowest BCUT2D eigenvalue weighted by Crippen LogP contribution is -2.47. The Morgan fingerprint density at radius 2 is 1.73 bits per heavy atom. The highest BCUT2D eigenvalue weighted by Crippen LogP contribution is 2.37. The van der Waals surface area contributed by atoms with Gasteiger partial charge in [-0.2, -0.15) is 13.2 Å². The lowest BCUT2D eigenvalue weighted by Gasteiger charge is -2.35. The number of nitrogens with zero attached hydrogens (tertiary/aromatic N) is 2. The number of aromatic nitrogens is 1. The SMILES string of the molecule is Cc1cc(Cl)c(OCCOc2ccc([C@H]3CCNC[C@@H]3C(=O)N(Cc3cc(CNC(=O)CC(F)(F)F)ccc3Cl)C3CC3)cn2)c(Cl)c1. The fourth-order valence-corrected chi connectivity index (χ4v) is 6.68. The molecule has 0 spiro atoms. The van der Waals surface area contributed by atoms with Crippen LogP contribution in [-0.4, -0.2) is 60.2 Å². The Bertz CT molecular complexity index is 1580. The van der Waals surface area contributed by atoms with E-state index < -0.39 is 18.5 Å². The van der Waals surface area contributed by atoms with Gasteiger partial charge < -0.3 is 25.0 Å². The van der Waals surface area contributed by atoms with Gasteiger partial charge in [0.25, 0.3) is 0 Å². The smallest absolute Gasteiger partial charge is 0.397 e. The molecule has 1 aromatic heterocycles. The lowest BCUT2D eigenvalue weighted by molar-refractivity contribution is -0.153. The average molecular weight is 728 g/mol. The third-order valence-electron chi connectivity index (χ3n) is 8.28. The van der Waals surface area contributed by atoms with Crippen molar-refractivity contribution >= 4 is 46.6 Å². The van der Waals surface area contributed by atoms with Crippen molar-refractivity contribution in [2.45, 2.75) is 63.8 Å². The van der Waals surface area contributed by atoms with Crippen molar-refractivity contribution in [1.82, 2.24) is 20.5 Å².